The van der Waals surface area contributed by atoms with Crippen molar-refractivity contribution in [1.29, 1.82) is 0 Å². The van der Waals surface area contributed by atoms with Crippen LogP contribution in [0.25, 0.3) is 0 Å². The molecule has 0 radical (unpaired) electrons. The van der Waals surface area contributed by atoms with Crippen LogP contribution >= 0.6 is 0 Å². The molecule has 120 valence electrons. The Morgan fingerprint density at radius 1 is 1.10 bits per heavy atom. The standard InChI is InChI=1S/C16H25F3N2/c1-11(2)9-21(12(3)4)10-15(20)13-6-5-7-14(8-13)16(17,18)19/h5-8,11-12,15H,9-10,20H2,1-4H3. The number of rotatable bonds is 6. The lowest BCUT2D eigenvalue weighted by Gasteiger charge is -2.31. The predicted octanol–water partition coefficient (Wildman–Crippen LogP) is 4.07. The average molecular weight is 302 g/mol. The van der Waals surface area contributed by atoms with Crippen molar-refractivity contribution in [2.75, 3.05) is 13.1 Å². The first kappa shape index (κ1) is 18.0. The van der Waals surface area contributed by atoms with Crippen molar-refractivity contribution in [1.82, 2.24) is 4.90 Å². The van der Waals surface area contributed by atoms with Gasteiger partial charge in [-0.15, -0.1) is 0 Å². The van der Waals surface area contributed by atoms with Gasteiger partial charge in [0.15, 0.2) is 0 Å². The lowest BCUT2D eigenvalue weighted by Crippen LogP contribution is -2.39. The fourth-order valence-electron chi connectivity index (χ4n) is 2.27. The van der Waals surface area contributed by atoms with Gasteiger partial charge in [-0.2, -0.15) is 13.2 Å². The number of nitrogens with zero attached hydrogens (tertiary/aromatic N) is 1. The molecule has 2 nitrogen and oxygen atoms in total. The fourth-order valence-corrected chi connectivity index (χ4v) is 2.27. The quantitative estimate of drug-likeness (QED) is 0.858. The van der Waals surface area contributed by atoms with E-state index >= 15 is 0 Å². The zero-order chi connectivity index (χ0) is 16.2. The molecule has 0 aromatic heterocycles. The zero-order valence-electron chi connectivity index (χ0n) is 13.1. The van der Waals surface area contributed by atoms with E-state index in [2.05, 4.69) is 32.6 Å². The van der Waals surface area contributed by atoms with Crippen molar-refractivity contribution < 1.29 is 13.2 Å². The van der Waals surface area contributed by atoms with Crippen molar-refractivity contribution >= 4 is 0 Å². The van der Waals surface area contributed by atoms with Gasteiger partial charge in [-0.3, -0.25) is 4.90 Å². The summed E-state index contributed by atoms with van der Waals surface area (Å²) in [7, 11) is 0. The number of benzene rings is 1. The fraction of sp³-hybridized carbons (Fsp3) is 0.625. The summed E-state index contributed by atoms with van der Waals surface area (Å²) in [5, 5.41) is 0. The van der Waals surface area contributed by atoms with E-state index in [0.717, 1.165) is 18.7 Å². The number of hydrogen-bond donors (Lipinski definition) is 1. The molecule has 1 aromatic rings. The van der Waals surface area contributed by atoms with Crippen LogP contribution in [0.15, 0.2) is 24.3 Å². The maximum Gasteiger partial charge on any atom is 0.416 e. The summed E-state index contributed by atoms with van der Waals surface area (Å²) in [6.45, 7) is 9.81. The molecule has 21 heavy (non-hydrogen) atoms. The molecular formula is C16H25F3N2. The number of nitrogens with two attached hydrogens (primary N) is 1. The Bertz CT molecular complexity index is 441. The molecule has 0 aliphatic rings. The van der Waals surface area contributed by atoms with Crippen molar-refractivity contribution in [2.24, 2.45) is 11.7 Å². The maximum atomic E-state index is 12.7. The van der Waals surface area contributed by atoms with Crippen molar-refractivity contribution in [2.45, 2.75) is 46.0 Å². The van der Waals surface area contributed by atoms with Crippen molar-refractivity contribution in [3.05, 3.63) is 35.4 Å². The molecule has 1 atom stereocenters. The summed E-state index contributed by atoms with van der Waals surface area (Å²) in [4.78, 5) is 2.20. The van der Waals surface area contributed by atoms with Crippen LogP contribution < -0.4 is 5.73 Å². The minimum absolute atomic E-state index is 0.309. The van der Waals surface area contributed by atoms with E-state index in [-0.39, 0.29) is 0 Å². The molecule has 0 saturated heterocycles. The monoisotopic (exact) mass is 302 g/mol. The molecule has 0 amide bonds. The summed E-state index contributed by atoms with van der Waals surface area (Å²) >= 11 is 0. The lowest BCUT2D eigenvalue weighted by molar-refractivity contribution is -0.137. The Hall–Kier alpha value is -1.07. The molecular weight excluding hydrogens is 277 g/mol. The third-order valence-corrected chi connectivity index (χ3v) is 3.40. The molecule has 0 fully saturated rings. The number of halogens is 3. The third-order valence-electron chi connectivity index (χ3n) is 3.40. The largest absolute Gasteiger partial charge is 0.416 e. The molecule has 0 bridgehead atoms. The van der Waals surface area contributed by atoms with Crippen molar-refractivity contribution in [3.63, 3.8) is 0 Å². The van der Waals surface area contributed by atoms with Crippen LogP contribution in [0.1, 0.15) is 44.9 Å². The van der Waals surface area contributed by atoms with E-state index in [9.17, 15) is 13.2 Å². The minimum atomic E-state index is -4.33. The van der Waals surface area contributed by atoms with Gasteiger partial charge in [-0.25, -0.2) is 0 Å². The van der Waals surface area contributed by atoms with Gasteiger partial charge in [0, 0.05) is 25.2 Å². The van der Waals surface area contributed by atoms with Crippen molar-refractivity contribution in [3.8, 4) is 0 Å². The molecule has 1 unspecified atom stereocenters. The topological polar surface area (TPSA) is 29.3 Å². The van der Waals surface area contributed by atoms with Gasteiger partial charge in [-0.05, 0) is 37.5 Å². The molecule has 0 saturated carbocycles. The van der Waals surface area contributed by atoms with E-state index in [0.29, 0.717) is 24.1 Å². The Labute approximate surface area is 125 Å². The Kier molecular flexibility index (Phi) is 6.23. The van der Waals surface area contributed by atoms with Crippen LogP contribution in [0.4, 0.5) is 13.2 Å². The predicted molar refractivity (Wildman–Crippen MR) is 79.9 cm³/mol. The van der Waals surface area contributed by atoms with Gasteiger partial charge >= 0.3 is 6.18 Å². The Morgan fingerprint density at radius 2 is 1.71 bits per heavy atom. The molecule has 2 N–H and O–H groups in total. The first-order chi connectivity index (χ1) is 9.61. The smallest absolute Gasteiger partial charge is 0.323 e. The molecule has 0 aliphatic carbocycles. The second-order valence-electron chi connectivity index (χ2n) is 6.17. The molecule has 5 heteroatoms. The molecule has 1 rings (SSSR count). The van der Waals surface area contributed by atoms with Crippen LogP contribution in [0.5, 0.6) is 0 Å². The van der Waals surface area contributed by atoms with Gasteiger partial charge < -0.3 is 5.73 Å². The molecule has 0 spiro atoms. The van der Waals surface area contributed by atoms with Gasteiger partial charge in [0.05, 0.1) is 5.56 Å². The number of alkyl halides is 3. The first-order valence-corrected chi connectivity index (χ1v) is 7.28. The summed E-state index contributed by atoms with van der Waals surface area (Å²) in [5.74, 6) is 0.487. The molecule has 0 heterocycles. The summed E-state index contributed by atoms with van der Waals surface area (Å²) in [6.07, 6.45) is -4.33. The molecule has 1 aromatic carbocycles. The summed E-state index contributed by atoms with van der Waals surface area (Å²) < 4.78 is 38.2. The molecule has 0 aliphatic heterocycles. The lowest BCUT2D eigenvalue weighted by atomic mass is 10.0. The number of hydrogen-bond acceptors (Lipinski definition) is 2. The van der Waals surface area contributed by atoms with Crippen LogP contribution in [0, 0.1) is 5.92 Å². The Balaban J connectivity index is 2.85. The zero-order valence-corrected chi connectivity index (χ0v) is 13.1. The van der Waals surface area contributed by atoms with Gasteiger partial charge in [0.25, 0.3) is 0 Å². The normalized spacial score (nSPS) is 14.2. The van der Waals surface area contributed by atoms with Gasteiger partial charge in [0.2, 0.25) is 0 Å². The third kappa shape index (κ3) is 5.67. The maximum absolute atomic E-state index is 12.7. The highest BCUT2D eigenvalue weighted by Crippen LogP contribution is 2.30. The Morgan fingerprint density at radius 3 is 2.19 bits per heavy atom. The van der Waals surface area contributed by atoms with Gasteiger partial charge in [0.1, 0.15) is 0 Å². The summed E-state index contributed by atoms with van der Waals surface area (Å²) in [6, 6.07) is 5.19. The van der Waals surface area contributed by atoms with Crippen LogP contribution in [-0.4, -0.2) is 24.0 Å². The second-order valence-corrected chi connectivity index (χ2v) is 6.17. The summed E-state index contributed by atoms with van der Waals surface area (Å²) in [5.41, 5.74) is 6.00. The highest BCUT2D eigenvalue weighted by Gasteiger charge is 2.30. The van der Waals surface area contributed by atoms with E-state index in [1.807, 2.05) is 0 Å². The SMILES string of the molecule is CC(C)CN(CC(N)c1cccc(C(F)(F)F)c1)C(C)C. The highest BCUT2D eigenvalue weighted by atomic mass is 19.4. The van der Waals surface area contributed by atoms with E-state index in [4.69, 9.17) is 5.73 Å². The van der Waals surface area contributed by atoms with Crippen LogP contribution in [-0.2, 0) is 6.18 Å². The second kappa shape index (κ2) is 7.27. The van der Waals surface area contributed by atoms with Crippen LogP contribution in [0.3, 0.4) is 0 Å². The highest BCUT2D eigenvalue weighted by molar-refractivity contribution is 5.28. The first-order valence-electron chi connectivity index (χ1n) is 7.28. The van der Waals surface area contributed by atoms with E-state index in [1.54, 1.807) is 6.07 Å². The van der Waals surface area contributed by atoms with Gasteiger partial charge in [-0.1, -0.05) is 26.0 Å². The van der Waals surface area contributed by atoms with Crippen LogP contribution in [0.2, 0.25) is 0 Å². The van der Waals surface area contributed by atoms with E-state index in [1.165, 1.54) is 6.07 Å². The van der Waals surface area contributed by atoms with E-state index < -0.39 is 17.8 Å². The average Bonchev–Trinajstić information content (AvgIpc) is 2.36. The minimum Gasteiger partial charge on any atom is -0.323 e.